The molecule has 404 valence electrons. The van der Waals surface area contributed by atoms with Crippen LogP contribution < -0.4 is 0 Å². The third-order valence-corrected chi connectivity index (χ3v) is 14.2. The molecule has 68 heavy (non-hydrogen) atoms. The molecule has 0 amide bonds. The van der Waals surface area contributed by atoms with Crippen molar-refractivity contribution in [3.8, 4) is 0 Å². The van der Waals surface area contributed by atoms with E-state index in [0.29, 0.717) is 19.3 Å². The van der Waals surface area contributed by atoms with Gasteiger partial charge >= 0.3 is 17.9 Å². The lowest BCUT2D eigenvalue weighted by atomic mass is 10.0. The molecular weight excluding hydrogens is 841 g/mol. The van der Waals surface area contributed by atoms with Crippen molar-refractivity contribution in [3.63, 3.8) is 0 Å². The summed E-state index contributed by atoms with van der Waals surface area (Å²) in [5.41, 5.74) is 0. The standard InChI is InChI=1S/C62H120O6/c1-6-7-8-9-10-11-12-13-21-27-32-37-42-47-52-60(63)66-55-59(56-67-61(64)53-48-43-38-33-28-24-23-26-31-36-41-46-51-58(4)5)68-62(65)54-49-44-39-34-29-22-19-17-15-14-16-18-20-25-30-35-40-45-50-57(2)3/h57-59H,6-56H2,1-5H3/t59-/m1/s1. The Morgan fingerprint density at radius 3 is 0.721 bits per heavy atom. The van der Waals surface area contributed by atoms with E-state index in [0.717, 1.165) is 69.6 Å². The molecule has 0 unspecified atom stereocenters. The Morgan fingerprint density at radius 2 is 0.485 bits per heavy atom. The maximum atomic E-state index is 12.9. The zero-order valence-electron chi connectivity index (χ0n) is 46.7. The average Bonchev–Trinajstić information content (AvgIpc) is 3.31. The van der Waals surface area contributed by atoms with Gasteiger partial charge < -0.3 is 14.2 Å². The molecule has 0 aliphatic heterocycles. The molecule has 0 N–H and O–H groups in total. The van der Waals surface area contributed by atoms with Crippen molar-refractivity contribution >= 4 is 17.9 Å². The molecule has 0 rings (SSSR count). The first-order valence-corrected chi connectivity index (χ1v) is 30.7. The molecule has 6 nitrogen and oxygen atoms in total. The Bertz CT molecular complexity index is 1040. The van der Waals surface area contributed by atoms with Crippen molar-refractivity contribution in [3.05, 3.63) is 0 Å². The van der Waals surface area contributed by atoms with Gasteiger partial charge in [-0.2, -0.15) is 0 Å². The summed E-state index contributed by atoms with van der Waals surface area (Å²) in [6, 6.07) is 0. The first-order chi connectivity index (χ1) is 33.2. The molecule has 6 heteroatoms. The maximum Gasteiger partial charge on any atom is 0.306 e. The second kappa shape index (κ2) is 54.7. The predicted molar refractivity (Wildman–Crippen MR) is 293 cm³/mol. The van der Waals surface area contributed by atoms with Crippen LogP contribution >= 0.6 is 0 Å². The van der Waals surface area contributed by atoms with Crippen LogP contribution in [-0.4, -0.2) is 37.2 Å². The third-order valence-electron chi connectivity index (χ3n) is 14.2. The summed E-state index contributed by atoms with van der Waals surface area (Å²) in [6.07, 6.45) is 59.6. The van der Waals surface area contributed by atoms with E-state index >= 15 is 0 Å². The van der Waals surface area contributed by atoms with E-state index in [9.17, 15) is 14.4 Å². The van der Waals surface area contributed by atoms with Crippen molar-refractivity contribution in [2.45, 2.75) is 355 Å². The molecule has 0 bridgehead atoms. The fourth-order valence-corrected chi connectivity index (χ4v) is 9.58. The summed E-state index contributed by atoms with van der Waals surface area (Å²) in [6.45, 7) is 11.4. The molecule has 0 spiro atoms. The fraction of sp³-hybridized carbons (Fsp3) is 0.952. The van der Waals surface area contributed by atoms with Gasteiger partial charge in [0.2, 0.25) is 0 Å². The third kappa shape index (κ3) is 55.3. The lowest BCUT2D eigenvalue weighted by Crippen LogP contribution is -2.30. The molecule has 1 atom stereocenters. The minimum atomic E-state index is -0.763. The Hall–Kier alpha value is -1.59. The number of esters is 3. The lowest BCUT2D eigenvalue weighted by Gasteiger charge is -2.18. The Kier molecular flexibility index (Phi) is 53.5. The maximum absolute atomic E-state index is 12.9. The topological polar surface area (TPSA) is 78.9 Å². The van der Waals surface area contributed by atoms with Crippen molar-refractivity contribution < 1.29 is 28.6 Å². The van der Waals surface area contributed by atoms with Gasteiger partial charge in [-0.25, -0.2) is 0 Å². The van der Waals surface area contributed by atoms with Crippen LogP contribution in [0.1, 0.15) is 349 Å². The van der Waals surface area contributed by atoms with E-state index in [2.05, 4.69) is 34.6 Å². The molecule has 0 aliphatic carbocycles. The number of rotatable bonds is 56. The van der Waals surface area contributed by atoms with E-state index in [1.807, 2.05) is 0 Å². The smallest absolute Gasteiger partial charge is 0.306 e. The number of ether oxygens (including phenoxy) is 3. The van der Waals surface area contributed by atoms with Crippen LogP contribution in [0.15, 0.2) is 0 Å². The van der Waals surface area contributed by atoms with Gasteiger partial charge in [-0.05, 0) is 31.1 Å². The van der Waals surface area contributed by atoms with E-state index in [1.165, 1.54) is 238 Å². The van der Waals surface area contributed by atoms with E-state index in [1.54, 1.807) is 0 Å². The second-order valence-electron chi connectivity index (χ2n) is 22.3. The average molecular weight is 962 g/mol. The zero-order valence-corrected chi connectivity index (χ0v) is 46.7. The Labute approximate surface area is 425 Å². The van der Waals surface area contributed by atoms with Crippen molar-refractivity contribution in [2.75, 3.05) is 13.2 Å². The molecule has 0 radical (unpaired) electrons. The first kappa shape index (κ1) is 66.4. The molecule has 0 saturated carbocycles. The number of unbranched alkanes of at least 4 members (excludes halogenated alkanes) is 41. The minimum Gasteiger partial charge on any atom is -0.462 e. The summed E-state index contributed by atoms with van der Waals surface area (Å²) < 4.78 is 16.9. The van der Waals surface area contributed by atoms with Crippen LogP contribution in [0.3, 0.4) is 0 Å². The summed E-state index contributed by atoms with van der Waals surface area (Å²) in [5, 5.41) is 0. The lowest BCUT2D eigenvalue weighted by molar-refractivity contribution is -0.167. The molecule has 0 heterocycles. The highest BCUT2D eigenvalue weighted by Crippen LogP contribution is 2.19. The molecule has 0 saturated heterocycles. The SMILES string of the molecule is CCCCCCCCCCCCCCCCC(=O)OC[C@H](COC(=O)CCCCCCCCCCCCCCC(C)C)OC(=O)CCCCCCCCCCCCCCCCCCCCC(C)C. The highest BCUT2D eigenvalue weighted by Gasteiger charge is 2.19. The Balaban J connectivity index is 4.27. The number of carbonyl (C=O) groups excluding carboxylic acids is 3. The van der Waals surface area contributed by atoms with Gasteiger partial charge in [0, 0.05) is 19.3 Å². The highest BCUT2D eigenvalue weighted by molar-refractivity contribution is 5.71. The monoisotopic (exact) mass is 961 g/mol. The summed E-state index contributed by atoms with van der Waals surface area (Å²) in [4.78, 5) is 38.2. The first-order valence-electron chi connectivity index (χ1n) is 30.7. The van der Waals surface area contributed by atoms with Crippen molar-refractivity contribution in [1.82, 2.24) is 0 Å². The fourth-order valence-electron chi connectivity index (χ4n) is 9.58. The second-order valence-corrected chi connectivity index (χ2v) is 22.3. The molecular formula is C62H120O6. The van der Waals surface area contributed by atoms with Crippen LogP contribution in [0.4, 0.5) is 0 Å². The molecule has 0 aromatic heterocycles. The van der Waals surface area contributed by atoms with Crippen LogP contribution in [0.25, 0.3) is 0 Å². The van der Waals surface area contributed by atoms with Gasteiger partial charge in [-0.1, -0.05) is 311 Å². The zero-order chi connectivity index (χ0) is 49.6. The Morgan fingerprint density at radius 1 is 0.279 bits per heavy atom. The van der Waals surface area contributed by atoms with Crippen molar-refractivity contribution in [1.29, 1.82) is 0 Å². The molecule has 0 fully saturated rings. The number of hydrogen-bond donors (Lipinski definition) is 0. The van der Waals surface area contributed by atoms with Crippen LogP contribution in [0.5, 0.6) is 0 Å². The summed E-state index contributed by atoms with van der Waals surface area (Å²) in [5.74, 6) is 0.858. The van der Waals surface area contributed by atoms with Gasteiger partial charge in [0.15, 0.2) is 6.10 Å². The van der Waals surface area contributed by atoms with Crippen LogP contribution in [-0.2, 0) is 28.6 Å². The van der Waals surface area contributed by atoms with Gasteiger partial charge in [0.05, 0.1) is 0 Å². The molecule has 0 aliphatic rings. The number of hydrogen-bond acceptors (Lipinski definition) is 6. The normalized spacial score (nSPS) is 12.0. The molecule has 0 aromatic carbocycles. The number of carbonyl (C=O) groups is 3. The van der Waals surface area contributed by atoms with Crippen LogP contribution in [0.2, 0.25) is 0 Å². The van der Waals surface area contributed by atoms with Crippen LogP contribution in [0, 0.1) is 11.8 Å². The highest BCUT2D eigenvalue weighted by atomic mass is 16.6. The van der Waals surface area contributed by atoms with Gasteiger partial charge in [-0.3, -0.25) is 14.4 Å². The van der Waals surface area contributed by atoms with Gasteiger partial charge in [-0.15, -0.1) is 0 Å². The van der Waals surface area contributed by atoms with E-state index in [4.69, 9.17) is 14.2 Å². The van der Waals surface area contributed by atoms with E-state index < -0.39 is 6.10 Å². The van der Waals surface area contributed by atoms with Crippen molar-refractivity contribution in [2.24, 2.45) is 11.8 Å². The quantitative estimate of drug-likeness (QED) is 0.0343. The summed E-state index contributed by atoms with van der Waals surface area (Å²) in [7, 11) is 0. The molecule has 0 aromatic rings. The van der Waals surface area contributed by atoms with Gasteiger partial charge in [0.1, 0.15) is 13.2 Å². The van der Waals surface area contributed by atoms with E-state index in [-0.39, 0.29) is 31.1 Å². The largest absolute Gasteiger partial charge is 0.462 e. The minimum absolute atomic E-state index is 0.0621. The predicted octanol–water partition coefficient (Wildman–Crippen LogP) is 20.4. The van der Waals surface area contributed by atoms with Gasteiger partial charge in [0.25, 0.3) is 0 Å². The summed E-state index contributed by atoms with van der Waals surface area (Å²) >= 11 is 0.